The third-order valence-electron chi connectivity index (χ3n) is 5.41. The van der Waals surface area contributed by atoms with Gasteiger partial charge in [-0.15, -0.1) is 0 Å². The van der Waals surface area contributed by atoms with Crippen molar-refractivity contribution in [2.45, 2.75) is 19.4 Å². The molecule has 1 aromatic carbocycles. The molecule has 0 bridgehead atoms. The number of hydrogen-bond donors (Lipinski definition) is 2. The van der Waals surface area contributed by atoms with Gasteiger partial charge in [0.25, 0.3) is 5.91 Å². The molecule has 0 aliphatic heterocycles. The number of nitrogens with zero attached hydrogens (tertiary/aromatic N) is 5. The van der Waals surface area contributed by atoms with Gasteiger partial charge >= 0.3 is 0 Å². The molecule has 2 N–H and O–H groups in total. The lowest BCUT2D eigenvalue weighted by Gasteiger charge is -2.17. The first kappa shape index (κ1) is 23.1. The molecule has 4 rings (SSSR count). The van der Waals surface area contributed by atoms with E-state index in [0.717, 1.165) is 11.1 Å². The lowest BCUT2D eigenvalue weighted by atomic mass is 9.95. The lowest BCUT2D eigenvalue weighted by Crippen LogP contribution is -2.19. The molecule has 0 saturated heterocycles. The summed E-state index contributed by atoms with van der Waals surface area (Å²) in [4.78, 5) is 33.7. The Morgan fingerprint density at radius 3 is 2.65 bits per heavy atom. The zero-order valence-electron chi connectivity index (χ0n) is 19.0. The van der Waals surface area contributed by atoms with E-state index in [9.17, 15) is 9.18 Å². The van der Waals surface area contributed by atoms with Gasteiger partial charge in [-0.05, 0) is 17.7 Å². The minimum atomic E-state index is -0.482. The van der Waals surface area contributed by atoms with Crippen molar-refractivity contribution in [2.24, 2.45) is 0 Å². The second-order valence-corrected chi connectivity index (χ2v) is 7.69. The van der Waals surface area contributed by atoms with Gasteiger partial charge in [0.05, 0.1) is 16.8 Å². The first-order chi connectivity index (χ1) is 16.5. The highest BCUT2D eigenvalue weighted by Gasteiger charge is 2.18. The van der Waals surface area contributed by atoms with Crippen LogP contribution in [-0.2, 0) is 11.3 Å². The normalized spacial score (nSPS) is 11.9. The Bertz CT molecular complexity index is 1310. The van der Waals surface area contributed by atoms with Crippen LogP contribution in [0.25, 0.3) is 22.2 Å². The van der Waals surface area contributed by atoms with Crippen molar-refractivity contribution in [1.29, 1.82) is 0 Å². The number of pyridine rings is 1. The number of aromatic nitrogens is 5. The van der Waals surface area contributed by atoms with Crippen molar-refractivity contribution in [3.63, 3.8) is 0 Å². The second kappa shape index (κ2) is 10.3. The van der Waals surface area contributed by atoms with Crippen LogP contribution in [0.2, 0.25) is 0 Å². The third kappa shape index (κ3) is 4.81. The summed E-state index contributed by atoms with van der Waals surface area (Å²) < 4.78 is 19.7. The van der Waals surface area contributed by atoms with E-state index in [1.54, 1.807) is 25.6 Å². The van der Waals surface area contributed by atoms with Crippen molar-refractivity contribution in [3.8, 4) is 11.3 Å². The van der Waals surface area contributed by atoms with Gasteiger partial charge in [0.15, 0.2) is 5.82 Å². The number of carbonyl (C=O) groups is 1. The van der Waals surface area contributed by atoms with Crippen LogP contribution in [-0.4, -0.2) is 51.5 Å². The minimum Gasteiger partial charge on any atom is -0.377 e. The van der Waals surface area contributed by atoms with Crippen LogP contribution >= 0.6 is 0 Å². The number of amides is 1. The molecule has 0 aliphatic rings. The van der Waals surface area contributed by atoms with Gasteiger partial charge < -0.3 is 15.4 Å². The number of nitrogens with one attached hydrogen (secondary N) is 2. The van der Waals surface area contributed by atoms with Crippen LogP contribution in [0.15, 0.2) is 49.2 Å². The highest BCUT2D eigenvalue weighted by Crippen LogP contribution is 2.29. The van der Waals surface area contributed by atoms with Crippen molar-refractivity contribution in [1.82, 2.24) is 30.2 Å². The van der Waals surface area contributed by atoms with Crippen LogP contribution in [0.1, 0.15) is 34.6 Å². The van der Waals surface area contributed by atoms with Gasteiger partial charge in [0.2, 0.25) is 0 Å². The molecule has 3 heterocycles. The quantitative estimate of drug-likeness (QED) is 0.411. The van der Waals surface area contributed by atoms with Crippen LogP contribution < -0.4 is 10.6 Å². The third-order valence-corrected chi connectivity index (χ3v) is 5.41. The molecule has 34 heavy (non-hydrogen) atoms. The highest BCUT2D eigenvalue weighted by atomic mass is 19.1. The van der Waals surface area contributed by atoms with Crippen LogP contribution in [0.3, 0.4) is 0 Å². The van der Waals surface area contributed by atoms with Gasteiger partial charge in [-0.3, -0.25) is 9.78 Å². The number of halogens is 1. The molecule has 4 aromatic rings. The van der Waals surface area contributed by atoms with Crippen molar-refractivity contribution in [2.75, 3.05) is 26.0 Å². The summed E-state index contributed by atoms with van der Waals surface area (Å²) in [6.07, 6.45) is 6.37. The van der Waals surface area contributed by atoms with E-state index < -0.39 is 5.82 Å². The van der Waals surface area contributed by atoms with Gasteiger partial charge in [-0.25, -0.2) is 24.3 Å². The Balaban J connectivity index is 1.54. The van der Waals surface area contributed by atoms with E-state index in [1.807, 2.05) is 13.0 Å². The van der Waals surface area contributed by atoms with Gasteiger partial charge in [0, 0.05) is 62.2 Å². The summed E-state index contributed by atoms with van der Waals surface area (Å²) in [5, 5.41) is 6.06. The van der Waals surface area contributed by atoms with Crippen molar-refractivity contribution in [3.05, 3.63) is 72.0 Å². The average molecular weight is 462 g/mol. The number of ether oxygens (including phenoxy) is 1. The molecular formula is C24H24FN7O2. The topological polar surface area (TPSA) is 115 Å². The van der Waals surface area contributed by atoms with Crippen LogP contribution in [0.4, 0.5) is 10.2 Å². The highest BCUT2D eigenvalue weighted by molar-refractivity contribution is 6.06. The molecule has 0 spiro atoms. The number of carbonyl (C=O) groups excluding carboxylic acids is 1. The molecule has 0 fully saturated rings. The molecule has 174 valence electrons. The lowest BCUT2D eigenvalue weighted by molar-refractivity contribution is 0.0964. The summed E-state index contributed by atoms with van der Waals surface area (Å²) in [5.41, 5.74) is 2.98. The zero-order valence-corrected chi connectivity index (χ0v) is 19.0. The van der Waals surface area contributed by atoms with Crippen LogP contribution in [0, 0.1) is 5.82 Å². The molecule has 1 atom stereocenters. The summed E-state index contributed by atoms with van der Waals surface area (Å²) in [7, 11) is 3.10. The smallest absolute Gasteiger partial charge is 0.251 e. The van der Waals surface area contributed by atoms with Gasteiger partial charge in [0.1, 0.15) is 24.6 Å². The SMILES string of the molecule is CNC(=O)c1ccnc2c(C(C)CNc3cc(-c4cnc(COC)nc4)ncn3)ccc(F)c12. The number of anilines is 1. The Kier molecular flexibility index (Phi) is 6.98. The van der Waals surface area contributed by atoms with E-state index in [1.165, 1.54) is 31.7 Å². The first-order valence-electron chi connectivity index (χ1n) is 10.7. The fraction of sp³-hybridized carbons (Fsp3) is 0.250. The number of hydrogen-bond acceptors (Lipinski definition) is 8. The second-order valence-electron chi connectivity index (χ2n) is 7.69. The maximum atomic E-state index is 14.6. The maximum absolute atomic E-state index is 14.6. The molecule has 1 amide bonds. The molecule has 0 saturated carbocycles. The molecule has 10 heteroatoms. The van der Waals surface area contributed by atoms with Crippen molar-refractivity contribution >= 4 is 22.6 Å². The van der Waals surface area contributed by atoms with E-state index in [-0.39, 0.29) is 22.8 Å². The predicted octanol–water partition coefficient (Wildman–Crippen LogP) is 3.34. The zero-order chi connectivity index (χ0) is 24.1. The molecule has 1 unspecified atom stereocenters. The minimum absolute atomic E-state index is 0.0504. The Hall–Kier alpha value is -4.05. The van der Waals surface area contributed by atoms with E-state index in [0.29, 0.717) is 36.0 Å². The number of fused-ring (bicyclic) bond motifs is 1. The molecule has 0 aliphatic carbocycles. The predicted molar refractivity (Wildman–Crippen MR) is 126 cm³/mol. The monoisotopic (exact) mass is 461 g/mol. The Morgan fingerprint density at radius 2 is 1.91 bits per heavy atom. The van der Waals surface area contributed by atoms with Gasteiger partial charge in [-0.2, -0.15) is 0 Å². The standard InChI is InChI=1S/C24H24FN7O2/c1-14(16-4-5-18(25)22-17(24(33)26-2)6-7-27-23(16)22)9-28-20-8-19(31-13-32-20)15-10-29-21(12-34-3)30-11-15/h4-8,10-11,13-14H,9,12H2,1-3H3,(H,26,33)(H,28,31,32). The Labute approximate surface area is 195 Å². The molecular weight excluding hydrogens is 437 g/mol. The molecule has 3 aromatic heterocycles. The summed E-state index contributed by atoms with van der Waals surface area (Å²) in [6.45, 7) is 2.84. The van der Waals surface area contributed by atoms with Crippen LogP contribution in [0.5, 0.6) is 0 Å². The fourth-order valence-electron chi connectivity index (χ4n) is 3.64. The number of rotatable bonds is 8. The first-order valence-corrected chi connectivity index (χ1v) is 10.7. The van der Waals surface area contributed by atoms with Gasteiger partial charge in [-0.1, -0.05) is 13.0 Å². The number of methoxy groups -OCH3 is 1. The maximum Gasteiger partial charge on any atom is 0.251 e. The largest absolute Gasteiger partial charge is 0.377 e. The summed E-state index contributed by atoms with van der Waals surface area (Å²) in [6, 6.07) is 6.41. The summed E-state index contributed by atoms with van der Waals surface area (Å²) >= 11 is 0. The Morgan fingerprint density at radius 1 is 1.12 bits per heavy atom. The average Bonchev–Trinajstić information content (AvgIpc) is 2.87. The van der Waals surface area contributed by atoms with Crippen molar-refractivity contribution < 1.29 is 13.9 Å². The fourth-order valence-corrected chi connectivity index (χ4v) is 3.64. The summed E-state index contributed by atoms with van der Waals surface area (Å²) in [5.74, 6) is 0.327. The van der Waals surface area contributed by atoms with E-state index in [2.05, 4.69) is 35.6 Å². The van der Waals surface area contributed by atoms with E-state index >= 15 is 0 Å². The number of benzene rings is 1. The molecule has 0 radical (unpaired) electrons. The van der Waals surface area contributed by atoms with E-state index in [4.69, 9.17) is 4.74 Å². The molecule has 9 nitrogen and oxygen atoms in total.